The van der Waals surface area contributed by atoms with Gasteiger partial charge in [0.25, 0.3) is 0 Å². The average molecular weight is 330 g/mol. The summed E-state index contributed by atoms with van der Waals surface area (Å²) in [5.41, 5.74) is 0.853. The van der Waals surface area contributed by atoms with E-state index in [0.717, 1.165) is 25.9 Å². The van der Waals surface area contributed by atoms with E-state index in [1.165, 1.54) is 44.7 Å². The first-order valence-corrected chi connectivity index (χ1v) is 9.56. The lowest BCUT2D eigenvalue weighted by Crippen LogP contribution is -3.20. The van der Waals surface area contributed by atoms with E-state index in [2.05, 4.69) is 34.5 Å². The Morgan fingerprint density at radius 2 is 1.58 bits per heavy atom. The molecule has 1 spiro atoms. The van der Waals surface area contributed by atoms with Crippen molar-refractivity contribution in [2.45, 2.75) is 31.2 Å². The number of quaternary nitrogens is 2. The third kappa shape index (κ3) is 2.91. The molecule has 1 amide bonds. The van der Waals surface area contributed by atoms with Gasteiger partial charge in [-0.15, -0.1) is 0 Å². The lowest BCUT2D eigenvalue weighted by Gasteiger charge is -2.41. The number of hydrogen-bond acceptors (Lipinski definition) is 2. The van der Waals surface area contributed by atoms with Gasteiger partial charge in [0, 0.05) is 31.4 Å². The fourth-order valence-electron chi connectivity index (χ4n) is 4.78. The van der Waals surface area contributed by atoms with Crippen LogP contribution in [0.5, 0.6) is 0 Å². The second-order valence-corrected chi connectivity index (χ2v) is 7.67. The number of carbonyl (C=O) groups is 1. The van der Waals surface area contributed by atoms with Gasteiger partial charge in [0.15, 0.2) is 0 Å². The number of benzene rings is 1. The molecule has 0 radical (unpaired) electrons. The highest BCUT2D eigenvalue weighted by atomic mass is 16.2. The van der Waals surface area contributed by atoms with Gasteiger partial charge in [-0.3, -0.25) is 4.79 Å². The number of piperidine rings is 1. The Kier molecular flexibility index (Phi) is 4.46. The number of likely N-dealkylation sites (tertiary alicyclic amines) is 2. The van der Waals surface area contributed by atoms with E-state index in [4.69, 9.17) is 0 Å². The number of anilines is 1. The van der Waals surface area contributed by atoms with Crippen molar-refractivity contribution in [1.29, 1.82) is 0 Å². The molecule has 3 saturated heterocycles. The van der Waals surface area contributed by atoms with Gasteiger partial charge < -0.3 is 20.0 Å². The summed E-state index contributed by atoms with van der Waals surface area (Å²) in [5, 5.41) is 3.09. The molecule has 1 aromatic carbocycles. The van der Waals surface area contributed by atoms with E-state index in [-0.39, 0.29) is 11.4 Å². The number of para-hydroxylation sites is 1. The van der Waals surface area contributed by atoms with Crippen molar-refractivity contribution in [2.75, 3.05) is 50.8 Å². The zero-order chi connectivity index (χ0) is 16.4. The molecule has 3 N–H and O–H groups in total. The Morgan fingerprint density at radius 1 is 0.958 bits per heavy atom. The maximum atomic E-state index is 12.6. The maximum Gasteiger partial charge on any atom is 0.247 e. The molecule has 0 atom stereocenters. The molecule has 4 rings (SSSR count). The summed E-state index contributed by atoms with van der Waals surface area (Å²) < 4.78 is 0. The number of nitrogens with zero attached hydrogens (tertiary/aromatic N) is 1. The van der Waals surface area contributed by atoms with Crippen molar-refractivity contribution in [3.05, 3.63) is 30.3 Å². The number of nitrogens with one attached hydrogen (secondary N) is 3. The number of carbonyl (C=O) groups excluding carboxylic acids is 1. The molecule has 0 saturated carbocycles. The van der Waals surface area contributed by atoms with Gasteiger partial charge >= 0.3 is 0 Å². The molecule has 0 bridgehead atoms. The van der Waals surface area contributed by atoms with Crippen LogP contribution in [0.1, 0.15) is 25.7 Å². The molecule has 1 aromatic rings. The Balaban J connectivity index is 1.39. The van der Waals surface area contributed by atoms with Crippen LogP contribution in [0.15, 0.2) is 30.3 Å². The summed E-state index contributed by atoms with van der Waals surface area (Å²) in [6.45, 7) is 8.17. The van der Waals surface area contributed by atoms with Crippen LogP contribution in [0, 0.1) is 0 Å². The molecule has 24 heavy (non-hydrogen) atoms. The van der Waals surface area contributed by atoms with E-state index in [1.807, 2.05) is 6.07 Å². The molecule has 130 valence electrons. The number of rotatable bonds is 4. The molecule has 0 aliphatic carbocycles. The highest BCUT2D eigenvalue weighted by Crippen LogP contribution is 2.33. The van der Waals surface area contributed by atoms with Gasteiger partial charge in [0.2, 0.25) is 5.91 Å². The van der Waals surface area contributed by atoms with Crippen molar-refractivity contribution in [3.8, 4) is 0 Å². The van der Waals surface area contributed by atoms with Crippen LogP contribution in [0.2, 0.25) is 0 Å². The summed E-state index contributed by atoms with van der Waals surface area (Å²) in [6.07, 6.45) is 4.75. The Morgan fingerprint density at radius 3 is 2.25 bits per heavy atom. The minimum Gasteiger partial charge on any atom is -0.339 e. The van der Waals surface area contributed by atoms with E-state index in [9.17, 15) is 4.79 Å². The summed E-state index contributed by atoms with van der Waals surface area (Å²) in [6, 6.07) is 10.4. The van der Waals surface area contributed by atoms with Crippen molar-refractivity contribution >= 4 is 11.6 Å². The monoisotopic (exact) mass is 330 g/mol. The average Bonchev–Trinajstić information content (AvgIpc) is 3.25. The molecule has 3 aliphatic heterocycles. The zero-order valence-corrected chi connectivity index (χ0v) is 14.5. The van der Waals surface area contributed by atoms with Gasteiger partial charge in [-0.1, -0.05) is 18.2 Å². The largest absolute Gasteiger partial charge is 0.339 e. The Hall–Kier alpha value is -1.59. The van der Waals surface area contributed by atoms with E-state index < -0.39 is 0 Å². The predicted molar refractivity (Wildman–Crippen MR) is 94.3 cm³/mol. The van der Waals surface area contributed by atoms with Crippen LogP contribution in [0.3, 0.4) is 0 Å². The van der Waals surface area contributed by atoms with Gasteiger partial charge in [-0.25, -0.2) is 0 Å². The quantitative estimate of drug-likeness (QED) is 0.641. The topological polar surface area (TPSA) is 41.2 Å². The highest BCUT2D eigenvalue weighted by molar-refractivity contribution is 5.93. The smallest absolute Gasteiger partial charge is 0.247 e. The fourth-order valence-corrected chi connectivity index (χ4v) is 4.78. The van der Waals surface area contributed by atoms with Crippen molar-refractivity contribution in [1.82, 2.24) is 5.32 Å². The second-order valence-electron chi connectivity index (χ2n) is 7.67. The molecular formula is C19H30N4O+2. The summed E-state index contributed by atoms with van der Waals surface area (Å²) >= 11 is 0. The third-order valence-corrected chi connectivity index (χ3v) is 6.33. The van der Waals surface area contributed by atoms with Gasteiger partial charge in [-0.05, 0) is 12.1 Å². The van der Waals surface area contributed by atoms with Crippen LogP contribution in [-0.2, 0) is 4.79 Å². The molecular weight excluding hydrogens is 300 g/mol. The summed E-state index contributed by atoms with van der Waals surface area (Å²) in [4.78, 5) is 18.4. The van der Waals surface area contributed by atoms with E-state index in [0.29, 0.717) is 6.67 Å². The Labute approximate surface area is 144 Å². The third-order valence-electron chi connectivity index (χ3n) is 6.33. The number of amides is 1. The maximum absolute atomic E-state index is 12.6. The van der Waals surface area contributed by atoms with Crippen LogP contribution >= 0.6 is 0 Å². The molecule has 0 unspecified atom stereocenters. The number of hydrogen-bond donors (Lipinski definition) is 3. The van der Waals surface area contributed by atoms with Crippen LogP contribution in [0.25, 0.3) is 0 Å². The van der Waals surface area contributed by atoms with Crippen molar-refractivity contribution in [2.24, 2.45) is 0 Å². The van der Waals surface area contributed by atoms with E-state index >= 15 is 0 Å². The van der Waals surface area contributed by atoms with Crippen molar-refractivity contribution in [3.63, 3.8) is 0 Å². The minimum atomic E-state index is -0.314. The first kappa shape index (κ1) is 15.9. The highest BCUT2D eigenvalue weighted by Gasteiger charge is 2.51. The fraction of sp³-hybridized carbons (Fsp3) is 0.632. The first-order chi connectivity index (χ1) is 11.8. The molecule has 3 heterocycles. The van der Waals surface area contributed by atoms with Crippen LogP contribution in [-0.4, -0.2) is 57.4 Å². The predicted octanol–water partition coefficient (Wildman–Crippen LogP) is -1.32. The molecule has 3 aliphatic rings. The lowest BCUT2D eigenvalue weighted by atomic mass is 9.85. The summed E-state index contributed by atoms with van der Waals surface area (Å²) in [7, 11) is 0. The Bertz CT molecular complexity index is 562. The minimum absolute atomic E-state index is 0.232. The van der Waals surface area contributed by atoms with Gasteiger partial charge in [0.1, 0.15) is 18.6 Å². The van der Waals surface area contributed by atoms with E-state index in [1.54, 1.807) is 9.80 Å². The van der Waals surface area contributed by atoms with Crippen LogP contribution in [0.4, 0.5) is 5.69 Å². The molecule has 5 nitrogen and oxygen atoms in total. The zero-order valence-electron chi connectivity index (χ0n) is 14.5. The SMILES string of the molecule is O=C1NCN(c2ccccc2)C12CC[NH+](CC[NH+]1CCCC1)CC2. The molecule has 0 aromatic heterocycles. The lowest BCUT2D eigenvalue weighted by molar-refractivity contribution is -0.954. The van der Waals surface area contributed by atoms with Gasteiger partial charge in [0.05, 0.1) is 32.8 Å². The first-order valence-electron chi connectivity index (χ1n) is 9.56. The normalized spacial score (nSPS) is 30.9. The summed E-state index contributed by atoms with van der Waals surface area (Å²) in [5.74, 6) is 0.232. The molecule has 5 heteroatoms. The van der Waals surface area contributed by atoms with Gasteiger partial charge in [-0.2, -0.15) is 0 Å². The van der Waals surface area contributed by atoms with Crippen LogP contribution < -0.4 is 20.0 Å². The molecule has 3 fully saturated rings. The second kappa shape index (κ2) is 6.73. The standard InChI is InChI=1S/C19H28N4O/c24-18-19(23(16-20-18)17-6-2-1-3-7-17)8-12-22(13-9-19)15-14-21-10-4-5-11-21/h1-3,6-7H,4-5,8-16H2,(H,20,24)/p+2. The van der Waals surface area contributed by atoms with Crippen molar-refractivity contribution < 1.29 is 14.6 Å².